The Kier molecular flexibility index (Phi) is 4.07. The largest absolute Gasteiger partial charge is 0.361 e. The van der Waals surface area contributed by atoms with Crippen LogP contribution >= 0.6 is 0 Å². The van der Waals surface area contributed by atoms with Crippen LogP contribution in [0.1, 0.15) is 23.5 Å². The number of carbonyl (C=O) groups is 1. The normalized spacial score (nSPS) is 17.5. The van der Waals surface area contributed by atoms with Crippen molar-refractivity contribution in [3.63, 3.8) is 0 Å². The van der Waals surface area contributed by atoms with Gasteiger partial charge in [-0.15, -0.1) is 0 Å². The van der Waals surface area contributed by atoms with Gasteiger partial charge in [0.05, 0.1) is 6.42 Å². The molecule has 4 rings (SSSR count). The maximum absolute atomic E-state index is 12.7. The van der Waals surface area contributed by atoms with Crippen LogP contribution in [-0.2, 0) is 17.8 Å². The van der Waals surface area contributed by atoms with Gasteiger partial charge in [0.1, 0.15) is 5.82 Å². The number of nitrogens with one attached hydrogen (secondary N) is 1. The number of likely N-dealkylation sites (tertiary alicyclic amines) is 1. The number of para-hydroxylation sites is 1. The zero-order valence-corrected chi connectivity index (χ0v) is 14.8. The monoisotopic (exact) mass is 336 g/mol. The summed E-state index contributed by atoms with van der Waals surface area (Å²) in [7, 11) is 0. The topological polar surface area (TPSA) is 53.9 Å². The Hall–Kier alpha value is -2.56. The Morgan fingerprint density at radius 1 is 1.32 bits per heavy atom. The zero-order valence-electron chi connectivity index (χ0n) is 14.8. The number of carbonyl (C=O) groups excluding carboxylic acids is 1. The van der Waals surface area contributed by atoms with E-state index in [-0.39, 0.29) is 5.91 Å². The molecule has 1 aliphatic heterocycles. The molecule has 0 saturated carbocycles. The fourth-order valence-electron chi connectivity index (χ4n) is 3.88. The molecule has 1 amide bonds. The Balaban J connectivity index is 1.40. The van der Waals surface area contributed by atoms with E-state index in [9.17, 15) is 4.79 Å². The number of rotatable bonds is 4. The molecular weight excluding hydrogens is 312 g/mol. The molecule has 0 aliphatic carbocycles. The van der Waals surface area contributed by atoms with Gasteiger partial charge in [-0.2, -0.15) is 0 Å². The SMILES string of the molecule is Cc1cnc(C)n1CC1CCN(C(=O)Cc2c[nH]c3ccccc23)C1. The third kappa shape index (κ3) is 3.06. The molecule has 3 aromatic rings. The molecule has 1 saturated heterocycles. The molecule has 1 fully saturated rings. The van der Waals surface area contributed by atoms with E-state index in [0.29, 0.717) is 12.3 Å². The third-order valence-corrected chi connectivity index (χ3v) is 5.35. The molecule has 1 aromatic carbocycles. The Bertz CT molecular complexity index is 888. The molecule has 5 heteroatoms. The van der Waals surface area contributed by atoms with Gasteiger partial charge in [-0.25, -0.2) is 4.98 Å². The second kappa shape index (κ2) is 6.39. The molecule has 1 N–H and O–H groups in total. The molecular formula is C20H24N4O. The summed E-state index contributed by atoms with van der Waals surface area (Å²) in [5.41, 5.74) is 3.38. The fourth-order valence-corrected chi connectivity index (χ4v) is 3.88. The number of amides is 1. The van der Waals surface area contributed by atoms with Gasteiger partial charge in [-0.05, 0) is 37.8 Å². The van der Waals surface area contributed by atoms with E-state index in [1.54, 1.807) is 0 Å². The van der Waals surface area contributed by atoms with Crippen molar-refractivity contribution >= 4 is 16.8 Å². The predicted molar refractivity (Wildman–Crippen MR) is 98.4 cm³/mol. The van der Waals surface area contributed by atoms with Gasteiger partial charge in [0.25, 0.3) is 0 Å². The molecule has 1 unspecified atom stereocenters. The summed E-state index contributed by atoms with van der Waals surface area (Å²) in [6, 6.07) is 8.15. The molecule has 130 valence electrons. The first-order chi connectivity index (χ1) is 12.1. The second-order valence-electron chi connectivity index (χ2n) is 7.09. The summed E-state index contributed by atoms with van der Waals surface area (Å²) in [4.78, 5) is 22.4. The van der Waals surface area contributed by atoms with Gasteiger partial charge >= 0.3 is 0 Å². The van der Waals surface area contributed by atoms with Crippen molar-refractivity contribution in [3.8, 4) is 0 Å². The number of aromatic nitrogens is 3. The summed E-state index contributed by atoms with van der Waals surface area (Å²) < 4.78 is 2.26. The quantitative estimate of drug-likeness (QED) is 0.796. The first-order valence-corrected chi connectivity index (χ1v) is 8.93. The van der Waals surface area contributed by atoms with Crippen LogP contribution in [0, 0.1) is 19.8 Å². The van der Waals surface area contributed by atoms with Crippen molar-refractivity contribution < 1.29 is 4.79 Å². The van der Waals surface area contributed by atoms with E-state index in [1.165, 1.54) is 5.69 Å². The number of hydrogen-bond donors (Lipinski definition) is 1. The number of hydrogen-bond acceptors (Lipinski definition) is 2. The Morgan fingerprint density at radius 2 is 2.16 bits per heavy atom. The van der Waals surface area contributed by atoms with Gasteiger partial charge in [0.15, 0.2) is 0 Å². The summed E-state index contributed by atoms with van der Waals surface area (Å²) in [6.07, 6.45) is 5.43. The van der Waals surface area contributed by atoms with Gasteiger partial charge < -0.3 is 14.5 Å². The summed E-state index contributed by atoms with van der Waals surface area (Å²) >= 11 is 0. The lowest BCUT2D eigenvalue weighted by Gasteiger charge is -2.17. The Morgan fingerprint density at radius 3 is 2.96 bits per heavy atom. The molecule has 0 spiro atoms. The molecule has 1 atom stereocenters. The highest BCUT2D eigenvalue weighted by atomic mass is 16.2. The average Bonchev–Trinajstić information content (AvgIpc) is 3.31. The number of aromatic amines is 1. The van der Waals surface area contributed by atoms with Crippen molar-refractivity contribution in [1.82, 2.24) is 19.4 Å². The highest BCUT2D eigenvalue weighted by Gasteiger charge is 2.27. The number of H-pyrrole nitrogens is 1. The minimum Gasteiger partial charge on any atom is -0.361 e. The van der Waals surface area contributed by atoms with E-state index in [1.807, 2.05) is 42.4 Å². The maximum Gasteiger partial charge on any atom is 0.227 e. The van der Waals surface area contributed by atoms with Crippen LogP contribution in [0.5, 0.6) is 0 Å². The van der Waals surface area contributed by atoms with Crippen molar-refractivity contribution in [2.45, 2.75) is 33.2 Å². The van der Waals surface area contributed by atoms with Crippen molar-refractivity contribution in [3.05, 3.63) is 53.7 Å². The van der Waals surface area contributed by atoms with Crippen LogP contribution in [0.15, 0.2) is 36.7 Å². The number of aryl methyl sites for hydroxylation is 2. The summed E-state index contributed by atoms with van der Waals surface area (Å²) in [6.45, 7) is 6.79. The summed E-state index contributed by atoms with van der Waals surface area (Å²) in [5, 5.41) is 1.15. The fraction of sp³-hybridized carbons (Fsp3) is 0.400. The number of benzene rings is 1. The zero-order chi connectivity index (χ0) is 17.4. The molecule has 0 radical (unpaired) electrons. The smallest absolute Gasteiger partial charge is 0.227 e. The third-order valence-electron chi connectivity index (χ3n) is 5.35. The van der Waals surface area contributed by atoms with Crippen LogP contribution in [0.3, 0.4) is 0 Å². The highest BCUT2D eigenvalue weighted by Crippen LogP contribution is 2.23. The van der Waals surface area contributed by atoms with E-state index in [0.717, 1.165) is 48.3 Å². The minimum absolute atomic E-state index is 0.228. The lowest BCUT2D eigenvalue weighted by Crippen LogP contribution is -2.30. The molecule has 25 heavy (non-hydrogen) atoms. The summed E-state index contributed by atoms with van der Waals surface area (Å²) in [5.74, 6) is 1.80. The predicted octanol–water partition coefficient (Wildman–Crippen LogP) is 3.07. The highest BCUT2D eigenvalue weighted by molar-refractivity contribution is 5.88. The van der Waals surface area contributed by atoms with Crippen LogP contribution in [-0.4, -0.2) is 38.4 Å². The van der Waals surface area contributed by atoms with Crippen molar-refractivity contribution in [2.75, 3.05) is 13.1 Å². The van der Waals surface area contributed by atoms with Gasteiger partial charge in [0, 0.05) is 48.6 Å². The van der Waals surface area contributed by atoms with Crippen molar-refractivity contribution in [1.29, 1.82) is 0 Å². The van der Waals surface area contributed by atoms with E-state index < -0.39 is 0 Å². The first kappa shape index (κ1) is 15.9. The van der Waals surface area contributed by atoms with E-state index in [4.69, 9.17) is 0 Å². The second-order valence-corrected chi connectivity index (χ2v) is 7.09. The molecule has 0 bridgehead atoms. The lowest BCUT2D eigenvalue weighted by molar-refractivity contribution is -0.129. The Labute approximate surface area is 147 Å². The van der Waals surface area contributed by atoms with Gasteiger partial charge in [-0.1, -0.05) is 18.2 Å². The minimum atomic E-state index is 0.228. The van der Waals surface area contributed by atoms with Crippen LogP contribution < -0.4 is 0 Å². The van der Waals surface area contributed by atoms with Crippen molar-refractivity contribution in [2.24, 2.45) is 5.92 Å². The molecule has 2 aromatic heterocycles. The van der Waals surface area contributed by atoms with Gasteiger partial charge in [-0.3, -0.25) is 4.79 Å². The van der Waals surface area contributed by atoms with Gasteiger partial charge in [0.2, 0.25) is 5.91 Å². The maximum atomic E-state index is 12.7. The van der Waals surface area contributed by atoms with E-state index in [2.05, 4.69) is 27.5 Å². The molecule has 1 aliphatic rings. The molecule has 3 heterocycles. The van der Waals surface area contributed by atoms with Crippen LogP contribution in [0.2, 0.25) is 0 Å². The molecule has 5 nitrogen and oxygen atoms in total. The lowest BCUT2D eigenvalue weighted by atomic mass is 10.1. The van der Waals surface area contributed by atoms with Crippen LogP contribution in [0.4, 0.5) is 0 Å². The average molecular weight is 336 g/mol. The first-order valence-electron chi connectivity index (χ1n) is 8.93. The number of nitrogens with zero attached hydrogens (tertiary/aromatic N) is 3. The number of fused-ring (bicyclic) bond motifs is 1. The van der Waals surface area contributed by atoms with E-state index >= 15 is 0 Å². The number of imidazole rings is 1. The standard InChI is InChI=1S/C20H24N4O/c1-14-10-21-15(2)24(14)13-16-7-8-23(12-16)20(25)9-17-11-22-19-6-4-3-5-18(17)19/h3-6,10-11,16,22H,7-9,12-13H2,1-2H3. The van der Waals surface area contributed by atoms with Crippen LogP contribution in [0.25, 0.3) is 10.9 Å².